The molecule has 104 valence electrons. The molecule has 2 aromatic rings. The number of hydrogen-bond donors (Lipinski definition) is 1. The third-order valence-electron chi connectivity index (χ3n) is 3.41. The van der Waals surface area contributed by atoms with Crippen LogP contribution in [-0.2, 0) is 4.79 Å². The summed E-state index contributed by atoms with van der Waals surface area (Å²) in [6.45, 7) is 2.15. The summed E-state index contributed by atoms with van der Waals surface area (Å²) in [5.41, 5.74) is 1.95. The summed E-state index contributed by atoms with van der Waals surface area (Å²) >= 11 is 0. The molecule has 2 heteroatoms. The zero-order valence-electron chi connectivity index (χ0n) is 11.9. The maximum absolute atomic E-state index is 12.5. The normalized spacial score (nSPS) is 11.8. The molecule has 2 aromatic carbocycles. The molecule has 0 spiro atoms. The molecule has 1 amide bonds. The molecule has 0 aromatic heterocycles. The molecular weight excluding hydrogens is 246 g/mol. The first-order valence-electron chi connectivity index (χ1n) is 7.22. The molecule has 0 saturated carbocycles. The predicted octanol–water partition coefficient (Wildman–Crippen LogP) is 4.60. The van der Waals surface area contributed by atoms with Crippen LogP contribution in [-0.4, -0.2) is 5.91 Å². The van der Waals surface area contributed by atoms with Crippen molar-refractivity contribution >= 4 is 11.6 Å². The fourth-order valence-corrected chi connectivity index (χ4v) is 2.29. The first kappa shape index (κ1) is 14.3. The van der Waals surface area contributed by atoms with Crippen molar-refractivity contribution in [1.82, 2.24) is 0 Å². The van der Waals surface area contributed by atoms with Crippen LogP contribution in [0.3, 0.4) is 0 Å². The third kappa shape index (κ3) is 3.95. The van der Waals surface area contributed by atoms with Crippen LogP contribution in [0.2, 0.25) is 0 Å². The lowest BCUT2D eigenvalue weighted by Crippen LogP contribution is -2.21. The van der Waals surface area contributed by atoms with Crippen molar-refractivity contribution < 1.29 is 4.79 Å². The second kappa shape index (κ2) is 7.49. The van der Waals surface area contributed by atoms with Crippen LogP contribution in [0, 0.1) is 0 Å². The zero-order valence-corrected chi connectivity index (χ0v) is 11.9. The van der Waals surface area contributed by atoms with Crippen molar-refractivity contribution in [2.45, 2.75) is 32.1 Å². The second-order valence-electron chi connectivity index (χ2n) is 4.96. The summed E-state index contributed by atoms with van der Waals surface area (Å²) in [5.74, 6) is 0.00667. The van der Waals surface area contributed by atoms with Gasteiger partial charge >= 0.3 is 0 Å². The monoisotopic (exact) mass is 267 g/mol. The van der Waals surface area contributed by atoms with Crippen molar-refractivity contribution in [3.63, 3.8) is 0 Å². The molecule has 0 aliphatic heterocycles. The van der Waals surface area contributed by atoms with E-state index < -0.39 is 0 Å². The van der Waals surface area contributed by atoms with E-state index in [1.807, 2.05) is 60.7 Å². The fraction of sp³-hybridized carbons (Fsp3) is 0.278. The van der Waals surface area contributed by atoms with Crippen LogP contribution in [0.1, 0.15) is 37.7 Å². The maximum atomic E-state index is 12.5. The molecule has 0 radical (unpaired) electrons. The third-order valence-corrected chi connectivity index (χ3v) is 3.41. The van der Waals surface area contributed by atoms with Gasteiger partial charge in [-0.3, -0.25) is 4.79 Å². The van der Waals surface area contributed by atoms with E-state index >= 15 is 0 Å². The lowest BCUT2D eigenvalue weighted by molar-refractivity contribution is -0.117. The Morgan fingerprint density at radius 2 is 1.60 bits per heavy atom. The predicted molar refractivity (Wildman–Crippen MR) is 83.8 cm³/mol. The highest BCUT2D eigenvalue weighted by Gasteiger charge is 2.19. The van der Waals surface area contributed by atoms with Gasteiger partial charge in [0.05, 0.1) is 5.92 Å². The number of anilines is 1. The molecule has 1 N–H and O–H groups in total. The van der Waals surface area contributed by atoms with Gasteiger partial charge in [-0.1, -0.05) is 68.3 Å². The van der Waals surface area contributed by atoms with Gasteiger partial charge in [0, 0.05) is 5.69 Å². The van der Waals surface area contributed by atoms with Gasteiger partial charge in [-0.25, -0.2) is 0 Å². The second-order valence-corrected chi connectivity index (χ2v) is 4.96. The standard InChI is InChI=1S/C18H21NO/c1-2-3-14-17(15-10-6-4-7-11-15)18(20)19-16-12-8-5-9-13-16/h4-13,17H,2-3,14H2,1H3,(H,19,20)/t17-/m0/s1. The van der Waals surface area contributed by atoms with Gasteiger partial charge in [0.15, 0.2) is 0 Å². The van der Waals surface area contributed by atoms with E-state index in [1.165, 1.54) is 0 Å². The van der Waals surface area contributed by atoms with Gasteiger partial charge in [0.1, 0.15) is 0 Å². The molecule has 0 saturated heterocycles. The zero-order chi connectivity index (χ0) is 14.2. The number of hydrogen-bond acceptors (Lipinski definition) is 1. The van der Waals surface area contributed by atoms with Gasteiger partial charge in [-0.05, 0) is 24.1 Å². The van der Waals surface area contributed by atoms with E-state index in [2.05, 4.69) is 12.2 Å². The van der Waals surface area contributed by atoms with Crippen molar-refractivity contribution in [2.24, 2.45) is 0 Å². The van der Waals surface area contributed by atoms with Crippen molar-refractivity contribution in [3.8, 4) is 0 Å². The number of benzene rings is 2. The summed E-state index contributed by atoms with van der Waals surface area (Å²) in [4.78, 5) is 12.5. The number of carbonyl (C=O) groups excluding carboxylic acids is 1. The quantitative estimate of drug-likeness (QED) is 0.814. The fourth-order valence-electron chi connectivity index (χ4n) is 2.29. The first-order valence-corrected chi connectivity index (χ1v) is 7.22. The van der Waals surface area contributed by atoms with Crippen LogP contribution in [0.15, 0.2) is 60.7 Å². The number of para-hydroxylation sites is 1. The summed E-state index contributed by atoms with van der Waals surface area (Å²) in [7, 11) is 0. The number of nitrogens with one attached hydrogen (secondary N) is 1. The minimum atomic E-state index is -0.0728. The SMILES string of the molecule is CCCC[C@H](C(=O)Nc1ccccc1)c1ccccc1. The Morgan fingerprint density at radius 1 is 1.00 bits per heavy atom. The maximum Gasteiger partial charge on any atom is 0.231 e. The number of rotatable bonds is 6. The topological polar surface area (TPSA) is 29.1 Å². The van der Waals surface area contributed by atoms with Crippen molar-refractivity contribution in [2.75, 3.05) is 5.32 Å². The molecule has 2 nitrogen and oxygen atoms in total. The van der Waals surface area contributed by atoms with Crippen molar-refractivity contribution in [1.29, 1.82) is 0 Å². The van der Waals surface area contributed by atoms with E-state index in [-0.39, 0.29) is 11.8 Å². The highest BCUT2D eigenvalue weighted by molar-refractivity contribution is 5.95. The minimum absolute atomic E-state index is 0.0728. The summed E-state index contributed by atoms with van der Waals surface area (Å²) in [6.07, 6.45) is 3.04. The van der Waals surface area contributed by atoms with Crippen LogP contribution in [0.4, 0.5) is 5.69 Å². The lowest BCUT2D eigenvalue weighted by atomic mass is 9.92. The number of carbonyl (C=O) groups is 1. The van der Waals surface area contributed by atoms with Crippen LogP contribution in [0.25, 0.3) is 0 Å². The molecule has 2 rings (SSSR count). The van der Waals surface area contributed by atoms with E-state index in [9.17, 15) is 4.79 Å². The Hall–Kier alpha value is -2.09. The highest BCUT2D eigenvalue weighted by Crippen LogP contribution is 2.24. The minimum Gasteiger partial charge on any atom is -0.326 e. The Balaban J connectivity index is 2.12. The average Bonchev–Trinajstić information content (AvgIpc) is 2.50. The Kier molecular flexibility index (Phi) is 5.36. The average molecular weight is 267 g/mol. The van der Waals surface area contributed by atoms with Crippen LogP contribution < -0.4 is 5.32 Å². The molecule has 0 aliphatic rings. The van der Waals surface area contributed by atoms with Crippen LogP contribution in [0.5, 0.6) is 0 Å². The largest absolute Gasteiger partial charge is 0.326 e. The van der Waals surface area contributed by atoms with Gasteiger partial charge in [0.2, 0.25) is 5.91 Å². The summed E-state index contributed by atoms with van der Waals surface area (Å²) in [5, 5.41) is 3.01. The van der Waals surface area contributed by atoms with Gasteiger partial charge in [-0.15, -0.1) is 0 Å². The van der Waals surface area contributed by atoms with E-state index in [0.29, 0.717) is 0 Å². The summed E-state index contributed by atoms with van der Waals surface area (Å²) < 4.78 is 0. The molecule has 1 atom stereocenters. The van der Waals surface area contributed by atoms with Gasteiger partial charge < -0.3 is 5.32 Å². The van der Waals surface area contributed by atoms with E-state index in [0.717, 1.165) is 30.5 Å². The Bertz CT molecular complexity index is 522. The number of unbranched alkanes of at least 4 members (excludes halogenated alkanes) is 1. The summed E-state index contributed by atoms with van der Waals surface area (Å²) in [6, 6.07) is 19.7. The smallest absolute Gasteiger partial charge is 0.231 e. The molecule has 0 heterocycles. The number of amides is 1. The van der Waals surface area contributed by atoms with Crippen LogP contribution >= 0.6 is 0 Å². The molecule has 0 aliphatic carbocycles. The molecule has 0 unspecified atom stereocenters. The van der Waals surface area contributed by atoms with Gasteiger partial charge in [0.25, 0.3) is 0 Å². The lowest BCUT2D eigenvalue weighted by Gasteiger charge is -2.17. The Labute approximate surface area is 120 Å². The Morgan fingerprint density at radius 3 is 2.20 bits per heavy atom. The van der Waals surface area contributed by atoms with E-state index in [1.54, 1.807) is 0 Å². The molecule has 0 fully saturated rings. The molecule has 0 bridgehead atoms. The molecular formula is C18H21NO. The van der Waals surface area contributed by atoms with Crippen molar-refractivity contribution in [3.05, 3.63) is 66.2 Å². The highest BCUT2D eigenvalue weighted by atomic mass is 16.1. The van der Waals surface area contributed by atoms with Gasteiger partial charge in [-0.2, -0.15) is 0 Å². The van der Waals surface area contributed by atoms with E-state index in [4.69, 9.17) is 0 Å². The first-order chi connectivity index (χ1) is 9.81. The molecule has 20 heavy (non-hydrogen) atoms.